The van der Waals surface area contributed by atoms with Gasteiger partial charge in [0.15, 0.2) is 0 Å². The van der Waals surface area contributed by atoms with Crippen molar-refractivity contribution in [2.75, 3.05) is 39.5 Å². The standard InChI is InChI=1S/C19H28N2O4S/c1-20(14-19(23)24)15-4-3-11-21(12-9-15)18(22)10-13-26-17-7-5-16(25-2)6-8-17/h5-8,15H,3-4,9-14H2,1-2H3,(H,23,24). The van der Waals surface area contributed by atoms with Gasteiger partial charge in [-0.15, -0.1) is 11.8 Å². The number of carboxylic acid groups (broad SMARTS) is 1. The summed E-state index contributed by atoms with van der Waals surface area (Å²) >= 11 is 1.67. The second-order valence-electron chi connectivity index (χ2n) is 6.55. The monoisotopic (exact) mass is 380 g/mol. The van der Waals surface area contributed by atoms with Gasteiger partial charge < -0.3 is 14.7 Å². The summed E-state index contributed by atoms with van der Waals surface area (Å²) in [6.07, 6.45) is 3.22. The molecule has 0 spiro atoms. The first kappa shape index (κ1) is 20.6. The number of likely N-dealkylation sites (N-methyl/N-ethyl adjacent to an activating group) is 1. The summed E-state index contributed by atoms with van der Waals surface area (Å²) in [6, 6.07) is 8.09. The number of likely N-dealkylation sites (tertiary alicyclic amines) is 1. The number of hydrogen-bond acceptors (Lipinski definition) is 5. The Morgan fingerprint density at radius 2 is 2.00 bits per heavy atom. The van der Waals surface area contributed by atoms with E-state index in [-0.39, 0.29) is 18.5 Å². The molecule has 2 rings (SSSR count). The highest BCUT2D eigenvalue weighted by molar-refractivity contribution is 7.99. The third-order valence-electron chi connectivity index (χ3n) is 4.70. The van der Waals surface area contributed by atoms with Crippen LogP contribution in [-0.4, -0.2) is 72.4 Å². The minimum atomic E-state index is -0.805. The fraction of sp³-hybridized carbons (Fsp3) is 0.579. The van der Waals surface area contributed by atoms with E-state index in [0.717, 1.165) is 42.2 Å². The lowest BCUT2D eigenvalue weighted by molar-refractivity contribution is -0.138. The van der Waals surface area contributed by atoms with Crippen molar-refractivity contribution in [3.8, 4) is 5.75 Å². The van der Waals surface area contributed by atoms with Crippen LogP contribution in [0.5, 0.6) is 5.75 Å². The minimum absolute atomic E-state index is 0.0527. The van der Waals surface area contributed by atoms with Crippen LogP contribution in [0, 0.1) is 0 Å². The predicted molar refractivity (Wildman–Crippen MR) is 103 cm³/mol. The largest absolute Gasteiger partial charge is 0.497 e. The Balaban J connectivity index is 1.74. The Hall–Kier alpha value is -1.73. The lowest BCUT2D eigenvalue weighted by atomic mass is 10.1. The number of hydrogen-bond donors (Lipinski definition) is 1. The van der Waals surface area contributed by atoms with Crippen LogP contribution >= 0.6 is 11.8 Å². The van der Waals surface area contributed by atoms with Crippen molar-refractivity contribution in [2.45, 2.75) is 36.6 Å². The molecule has 1 amide bonds. The Kier molecular flexibility index (Phi) is 8.25. The molecule has 1 aromatic rings. The van der Waals surface area contributed by atoms with E-state index in [9.17, 15) is 9.59 Å². The average Bonchev–Trinajstić information content (AvgIpc) is 2.88. The van der Waals surface area contributed by atoms with Gasteiger partial charge in [-0.1, -0.05) is 0 Å². The molecule has 1 aliphatic rings. The number of amides is 1. The van der Waals surface area contributed by atoms with Crippen molar-refractivity contribution in [1.29, 1.82) is 0 Å². The molecule has 1 heterocycles. The van der Waals surface area contributed by atoms with Gasteiger partial charge in [0.05, 0.1) is 13.7 Å². The summed E-state index contributed by atoms with van der Waals surface area (Å²) < 4.78 is 5.14. The van der Waals surface area contributed by atoms with Crippen LogP contribution in [0.25, 0.3) is 0 Å². The van der Waals surface area contributed by atoms with Crippen LogP contribution in [0.15, 0.2) is 29.2 Å². The van der Waals surface area contributed by atoms with Gasteiger partial charge in [-0.25, -0.2) is 0 Å². The van der Waals surface area contributed by atoms with Crippen LogP contribution in [0.3, 0.4) is 0 Å². The molecule has 1 saturated heterocycles. The first-order valence-corrected chi connectivity index (χ1v) is 9.95. The fourth-order valence-corrected chi connectivity index (χ4v) is 4.04. The second kappa shape index (κ2) is 10.4. The zero-order chi connectivity index (χ0) is 18.9. The van der Waals surface area contributed by atoms with E-state index < -0.39 is 5.97 Å². The van der Waals surface area contributed by atoms with Crippen molar-refractivity contribution >= 4 is 23.6 Å². The zero-order valence-electron chi connectivity index (χ0n) is 15.5. The van der Waals surface area contributed by atoms with Crippen molar-refractivity contribution in [3.05, 3.63) is 24.3 Å². The molecule has 1 aliphatic heterocycles. The average molecular weight is 381 g/mol. The van der Waals surface area contributed by atoms with Gasteiger partial charge >= 0.3 is 5.97 Å². The van der Waals surface area contributed by atoms with Gasteiger partial charge in [-0.05, 0) is 50.6 Å². The highest BCUT2D eigenvalue weighted by atomic mass is 32.2. The smallest absolute Gasteiger partial charge is 0.317 e. The maximum Gasteiger partial charge on any atom is 0.317 e. The maximum atomic E-state index is 12.5. The lowest BCUT2D eigenvalue weighted by Crippen LogP contribution is -2.37. The third kappa shape index (κ3) is 6.53. The van der Waals surface area contributed by atoms with E-state index >= 15 is 0 Å². The zero-order valence-corrected chi connectivity index (χ0v) is 16.3. The number of methoxy groups -OCH3 is 1. The number of thioether (sulfide) groups is 1. The van der Waals surface area contributed by atoms with Crippen molar-refractivity contribution in [3.63, 3.8) is 0 Å². The molecule has 26 heavy (non-hydrogen) atoms. The molecule has 0 aromatic heterocycles. The summed E-state index contributed by atoms with van der Waals surface area (Å²) in [6.45, 7) is 1.53. The van der Waals surface area contributed by atoms with E-state index in [2.05, 4.69) is 0 Å². The molecule has 7 heteroatoms. The lowest BCUT2D eigenvalue weighted by Gasteiger charge is -2.25. The molecule has 1 atom stereocenters. The van der Waals surface area contributed by atoms with Crippen LogP contribution in [-0.2, 0) is 9.59 Å². The van der Waals surface area contributed by atoms with E-state index in [1.165, 1.54) is 0 Å². The number of nitrogens with zero attached hydrogens (tertiary/aromatic N) is 2. The Bertz CT molecular complexity index is 594. The molecule has 0 aliphatic carbocycles. The molecule has 1 fully saturated rings. The highest BCUT2D eigenvalue weighted by Gasteiger charge is 2.23. The van der Waals surface area contributed by atoms with Crippen LogP contribution in [0.1, 0.15) is 25.7 Å². The summed E-state index contributed by atoms with van der Waals surface area (Å²) in [4.78, 5) is 28.3. The topological polar surface area (TPSA) is 70.1 Å². The second-order valence-corrected chi connectivity index (χ2v) is 7.72. The van der Waals surface area contributed by atoms with E-state index in [1.807, 2.05) is 41.1 Å². The number of benzene rings is 1. The number of carbonyl (C=O) groups excluding carboxylic acids is 1. The summed E-state index contributed by atoms with van der Waals surface area (Å²) in [5.74, 6) is 0.967. The van der Waals surface area contributed by atoms with E-state index in [0.29, 0.717) is 13.0 Å². The van der Waals surface area contributed by atoms with E-state index in [4.69, 9.17) is 9.84 Å². The van der Waals surface area contributed by atoms with Crippen molar-refractivity contribution < 1.29 is 19.4 Å². The normalized spacial score (nSPS) is 17.8. The molecule has 1 unspecified atom stereocenters. The number of carbonyl (C=O) groups is 2. The van der Waals surface area contributed by atoms with Gasteiger partial charge in [0.1, 0.15) is 5.75 Å². The number of ether oxygens (including phenoxy) is 1. The molecule has 6 nitrogen and oxygen atoms in total. The van der Waals surface area contributed by atoms with Gasteiger partial charge in [0.2, 0.25) is 5.91 Å². The number of aliphatic carboxylic acids is 1. The molecule has 0 radical (unpaired) electrons. The van der Waals surface area contributed by atoms with Crippen molar-refractivity contribution in [1.82, 2.24) is 9.80 Å². The number of rotatable bonds is 8. The van der Waals surface area contributed by atoms with Gasteiger partial charge in [0.25, 0.3) is 0 Å². The van der Waals surface area contributed by atoms with E-state index in [1.54, 1.807) is 18.9 Å². The first-order valence-electron chi connectivity index (χ1n) is 8.96. The highest BCUT2D eigenvalue weighted by Crippen LogP contribution is 2.23. The SMILES string of the molecule is COc1ccc(SCCC(=O)N2CCCC(N(C)CC(=O)O)CC2)cc1. The Morgan fingerprint density at radius 1 is 1.27 bits per heavy atom. The summed E-state index contributed by atoms with van der Waals surface area (Å²) in [5.41, 5.74) is 0. The summed E-state index contributed by atoms with van der Waals surface area (Å²) in [7, 11) is 3.49. The minimum Gasteiger partial charge on any atom is -0.497 e. The van der Waals surface area contributed by atoms with Gasteiger partial charge in [-0.3, -0.25) is 14.5 Å². The molecule has 144 valence electrons. The van der Waals surface area contributed by atoms with Crippen molar-refractivity contribution in [2.24, 2.45) is 0 Å². The maximum absolute atomic E-state index is 12.5. The molecule has 1 aromatic carbocycles. The van der Waals surface area contributed by atoms with Crippen LogP contribution in [0.2, 0.25) is 0 Å². The summed E-state index contributed by atoms with van der Waals surface area (Å²) in [5, 5.41) is 8.93. The van der Waals surface area contributed by atoms with Gasteiger partial charge in [0, 0.05) is 36.2 Å². The number of carboxylic acids is 1. The van der Waals surface area contributed by atoms with Gasteiger partial charge in [-0.2, -0.15) is 0 Å². The molecule has 0 bridgehead atoms. The Labute approximate surface area is 159 Å². The quantitative estimate of drug-likeness (QED) is 0.699. The fourth-order valence-electron chi connectivity index (χ4n) is 3.20. The predicted octanol–water partition coefficient (Wildman–Crippen LogP) is 2.57. The molecular formula is C19H28N2O4S. The Morgan fingerprint density at radius 3 is 2.65 bits per heavy atom. The third-order valence-corrected chi connectivity index (χ3v) is 5.72. The van der Waals surface area contributed by atoms with Crippen LogP contribution < -0.4 is 4.74 Å². The molecule has 1 N–H and O–H groups in total. The molecular weight excluding hydrogens is 352 g/mol. The van der Waals surface area contributed by atoms with Crippen LogP contribution in [0.4, 0.5) is 0 Å². The first-order chi connectivity index (χ1) is 12.5. The molecule has 0 saturated carbocycles.